The fourth-order valence-electron chi connectivity index (χ4n) is 3.93. The van der Waals surface area contributed by atoms with Crippen molar-refractivity contribution in [2.45, 2.75) is 18.4 Å². The minimum absolute atomic E-state index is 0.0368. The van der Waals surface area contributed by atoms with Crippen LogP contribution in [-0.2, 0) is 4.79 Å². The molecule has 1 saturated carbocycles. The number of aliphatic hydroxyl groups is 1. The lowest BCUT2D eigenvalue weighted by atomic mass is 10.1. The Hall–Kier alpha value is -3.25. The quantitative estimate of drug-likeness (QED) is 0.732. The third-order valence-electron chi connectivity index (χ3n) is 6.00. The molecule has 0 atom stereocenters. The zero-order valence-corrected chi connectivity index (χ0v) is 16.6. The van der Waals surface area contributed by atoms with Gasteiger partial charge in [-0.05, 0) is 37.1 Å². The first kappa shape index (κ1) is 18.8. The zero-order chi connectivity index (χ0) is 20.7. The molecule has 6 nitrogen and oxygen atoms in total. The number of benzene rings is 2. The van der Waals surface area contributed by atoms with Gasteiger partial charge in [0.05, 0.1) is 11.2 Å². The largest absolute Gasteiger partial charge is 0.380 e. The molecule has 2 fully saturated rings. The van der Waals surface area contributed by atoms with Crippen LogP contribution in [0.25, 0.3) is 22.2 Å². The monoisotopic (exact) mass is 401 g/mol. The number of rotatable bonds is 3. The molecule has 2 aliphatic rings. The molecule has 3 aromatic rings. The van der Waals surface area contributed by atoms with Crippen molar-refractivity contribution in [3.63, 3.8) is 0 Å². The van der Waals surface area contributed by atoms with Crippen molar-refractivity contribution in [1.29, 1.82) is 0 Å². The Morgan fingerprint density at radius 1 is 0.833 bits per heavy atom. The lowest BCUT2D eigenvalue weighted by molar-refractivity contribution is -0.143. The maximum absolute atomic E-state index is 12.9. The lowest BCUT2D eigenvalue weighted by Crippen LogP contribution is -2.53. The minimum atomic E-state index is -1.14. The highest BCUT2D eigenvalue weighted by Gasteiger charge is 2.50. The highest BCUT2D eigenvalue weighted by atomic mass is 16.3. The fourth-order valence-corrected chi connectivity index (χ4v) is 3.93. The number of pyridine rings is 1. The Bertz CT molecular complexity index is 1110. The van der Waals surface area contributed by atoms with E-state index in [0.29, 0.717) is 44.6 Å². The topological polar surface area (TPSA) is 73.7 Å². The van der Waals surface area contributed by atoms with Gasteiger partial charge in [-0.1, -0.05) is 36.4 Å². The summed E-state index contributed by atoms with van der Waals surface area (Å²) in [5.41, 5.74) is 2.26. The average Bonchev–Trinajstić information content (AvgIpc) is 3.56. The average molecular weight is 401 g/mol. The number of fused-ring (bicyclic) bond motifs is 1. The van der Waals surface area contributed by atoms with Crippen molar-refractivity contribution in [1.82, 2.24) is 14.8 Å². The number of hydrogen-bond acceptors (Lipinski definition) is 4. The van der Waals surface area contributed by atoms with Crippen molar-refractivity contribution in [2.24, 2.45) is 0 Å². The molecular formula is C24H23N3O3. The molecule has 1 aliphatic heterocycles. The van der Waals surface area contributed by atoms with Crippen LogP contribution in [0.15, 0.2) is 60.7 Å². The van der Waals surface area contributed by atoms with Gasteiger partial charge in [0.2, 0.25) is 0 Å². The van der Waals surface area contributed by atoms with Gasteiger partial charge in [0.1, 0.15) is 5.60 Å². The van der Waals surface area contributed by atoms with E-state index >= 15 is 0 Å². The molecule has 0 radical (unpaired) electrons. The number of carbonyl (C=O) groups is 2. The van der Waals surface area contributed by atoms with Crippen molar-refractivity contribution < 1.29 is 14.7 Å². The van der Waals surface area contributed by atoms with Crippen molar-refractivity contribution in [3.05, 3.63) is 66.2 Å². The Morgan fingerprint density at radius 3 is 2.20 bits per heavy atom. The van der Waals surface area contributed by atoms with Gasteiger partial charge in [0, 0.05) is 42.7 Å². The van der Waals surface area contributed by atoms with Crippen molar-refractivity contribution >= 4 is 22.7 Å². The summed E-state index contributed by atoms with van der Waals surface area (Å²) in [5, 5.41) is 11.1. The van der Waals surface area contributed by atoms with Crippen LogP contribution in [0, 0.1) is 0 Å². The molecule has 2 aromatic carbocycles. The summed E-state index contributed by atoms with van der Waals surface area (Å²) in [5.74, 6) is -0.230. The van der Waals surface area contributed by atoms with Gasteiger partial charge in [-0.25, -0.2) is 4.98 Å². The van der Waals surface area contributed by atoms with Crippen LogP contribution >= 0.6 is 0 Å². The van der Waals surface area contributed by atoms with Crippen LogP contribution in [0.2, 0.25) is 0 Å². The maximum atomic E-state index is 12.9. The van der Waals surface area contributed by atoms with E-state index in [4.69, 9.17) is 4.98 Å². The van der Waals surface area contributed by atoms with Crippen molar-refractivity contribution in [2.75, 3.05) is 26.2 Å². The Labute approximate surface area is 174 Å². The van der Waals surface area contributed by atoms with Crippen LogP contribution in [0.3, 0.4) is 0 Å². The Morgan fingerprint density at radius 2 is 1.50 bits per heavy atom. The summed E-state index contributed by atoms with van der Waals surface area (Å²) < 4.78 is 0. The number of carbonyl (C=O) groups excluding carboxylic acids is 2. The standard InChI is InChI=1S/C24H23N3O3/c28-22(26-13-15-27(16-14-26)23(29)24(30)11-12-24)19-7-5-18(6-8-19)21-10-9-17-3-1-2-4-20(17)25-21/h1-10,30H,11-16H2. The molecule has 5 rings (SSSR count). The predicted molar refractivity (Wildman–Crippen MR) is 114 cm³/mol. The van der Waals surface area contributed by atoms with E-state index in [-0.39, 0.29) is 11.8 Å². The molecule has 30 heavy (non-hydrogen) atoms. The van der Waals surface area contributed by atoms with Crippen LogP contribution in [0.1, 0.15) is 23.2 Å². The summed E-state index contributed by atoms with van der Waals surface area (Å²) in [4.78, 5) is 33.3. The van der Waals surface area contributed by atoms with Crippen molar-refractivity contribution in [3.8, 4) is 11.3 Å². The zero-order valence-electron chi connectivity index (χ0n) is 16.6. The number of hydrogen-bond donors (Lipinski definition) is 1. The Balaban J connectivity index is 1.26. The molecule has 2 heterocycles. The Kier molecular flexibility index (Phi) is 4.51. The first-order valence-electron chi connectivity index (χ1n) is 10.3. The molecule has 0 unspecified atom stereocenters. The highest BCUT2D eigenvalue weighted by molar-refractivity contribution is 5.95. The molecular weight excluding hydrogens is 378 g/mol. The maximum Gasteiger partial charge on any atom is 0.254 e. The number of aromatic nitrogens is 1. The molecule has 1 aromatic heterocycles. The number of amides is 2. The molecule has 0 bridgehead atoms. The van der Waals surface area contributed by atoms with E-state index < -0.39 is 5.60 Å². The molecule has 1 saturated heterocycles. The molecule has 1 aliphatic carbocycles. The van der Waals surface area contributed by atoms with E-state index in [1.807, 2.05) is 54.6 Å². The van der Waals surface area contributed by atoms with Crippen LogP contribution < -0.4 is 0 Å². The number of piperazine rings is 1. The second-order valence-electron chi connectivity index (χ2n) is 8.08. The van der Waals surface area contributed by atoms with Crippen LogP contribution in [0.4, 0.5) is 0 Å². The molecule has 0 spiro atoms. The molecule has 1 N–H and O–H groups in total. The molecule has 2 amide bonds. The second-order valence-corrected chi connectivity index (χ2v) is 8.08. The number of para-hydroxylation sites is 1. The summed E-state index contributed by atoms with van der Waals surface area (Å²) in [6, 6.07) is 19.5. The predicted octanol–water partition coefficient (Wildman–Crippen LogP) is 2.71. The van der Waals surface area contributed by atoms with Gasteiger partial charge in [-0.3, -0.25) is 9.59 Å². The summed E-state index contributed by atoms with van der Waals surface area (Å²) in [6.07, 6.45) is 1.09. The van der Waals surface area contributed by atoms with Gasteiger partial charge in [-0.2, -0.15) is 0 Å². The van der Waals surface area contributed by atoms with Crippen LogP contribution in [0.5, 0.6) is 0 Å². The smallest absolute Gasteiger partial charge is 0.254 e. The third-order valence-corrected chi connectivity index (χ3v) is 6.00. The van der Waals surface area contributed by atoms with E-state index in [9.17, 15) is 14.7 Å². The van der Waals surface area contributed by atoms with Crippen LogP contribution in [-0.4, -0.2) is 63.5 Å². The first-order chi connectivity index (χ1) is 14.5. The van der Waals surface area contributed by atoms with E-state index in [1.54, 1.807) is 9.80 Å². The summed E-state index contributed by atoms with van der Waals surface area (Å²) in [6.45, 7) is 1.89. The van der Waals surface area contributed by atoms with E-state index in [2.05, 4.69) is 6.07 Å². The first-order valence-corrected chi connectivity index (χ1v) is 10.3. The van der Waals surface area contributed by atoms with Gasteiger partial charge in [0.25, 0.3) is 11.8 Å². The normalized spacial score (nSPS) is 17.8. The van der Waals surface area contributed by atoms with Gasteiger partial charge < -0.3 is 14.9 Å². The van der Waals surface area contributed by atoms with Gasteiger partial charge >= 0.3 is 0 Å². The minimum Gasteiger partial charge on any atom is -0.380 e. The second kappa shape index (κ2) is 7.22. The van der Waals surface area contributed by atoms with E-state index in [1.165, 1.54) is 0 Å². The lowest BCUT2D eigenvalue weighted by Gasteiger charge is -2.35. The molecule has 152 valence electrons. The third kappa shape index (κ3) is 3.44. The van der Waals surface area contributed by atoms with Gasteiger partial charge in [0.15, 0.2) is 0 Å². The number of nitrogens with zero attached hydrogens (tertiary/aromatic N) is 3. The SMILES string of the molecule is O=C(c1ccc(-c2ccc3ccccc3n2)cc1)N1CCN(C(=O)C2(O)CC2)CC1. The van der Waals surface area contributed by atoms with E-state index in [0.717, 1.165) is 22.2 Å². The fraction of sp³-hybridized carbons (Fsp3) is 0.292. The highest BCUT2D eigenvalue weighted by Crippen LogP contribution is 2.37. The molecule has 6 heteroatoms. The summed E-state index contributed by atoms with van der Waals surface area (Å²) in [7, 11) is 0. The summed E-state index contributed by atoms with van der Waals surface area (Å²) >= 11 is 0. The van der Waals surface area contributed by atoms with Gasteiger partial charge in [-0.15, -0.1) is 0 Å².